The van der Waals surface area contributed by atoms with Gasteiger partial charge in [-0.2, -0.15) is 5.10 Å². The number of hydrogen-bond acceptors (Lipinski definition) is 10. The van der Waals surface area contributed by atoms with Gasteiger partial charge in [-0.25, -0.2) is 24.4 Å². The molecule has 268 valence electrons. The third-order valence-corrected chi connectivity index (χ3v) is 17.2. The first-order valence-corrected chi connectivity index (χ1v) is 21.7. The molecule has 14 heteroatoms. The molecule has 51 heavy (non-hydrogen) atoms. The molecule has 0 spiro atoms. The number of rotatable bonds is 8. The largest absolute Gasteiger partial charge is 0.542 e. The number of aryl methyl sites for hydroxylation is 1. The normalized spacial score (nSPS) is 23.7. The summed E-state index contributed by atoms with van der Waals surface area (Å²) in [6.07, 6.45) is 6.29. The summed E-state index contributed by atoms with van der Waals surface area (Å²) in [5.41, 5.74) is 4.56. The molecule has 6 heterocycles. The van der Waals surface area contributed by atoms with Gasteiger partial charge in [-0.15, -0.1) is 11.3 Å². The van der Waals surface area contributed by atoms with E-state index in [0.717, 1.165) is 88.7 Å². The minimum Gasteiger partial charge on any atom is -0.542 e. The Hall–Kier alpha value is -4.14. The van der Waals surface area contributed by atoms with Crippen LogP contribution in [0.4, 0.5) is 10.6 Å². The number of pyridine rings is 1. The highest BCUT2D eigenvalue weighted by molar-refractivity contribution is 7.09. The number of amides is 1. The van der Waals surface area contributed by atoms with Crippen molar-refractivity contribution in [2.24, 2.45) is 11.8 Å². The number of carbonyl (C=O) groups is 1. The first-order chi connectivity index (χ1) is 24.4. The summed E-state index contributed by atoms with van der Waals surface area (Å²) >= 11 is 1.63. The highest BCUT2D eigenvalue weighted by Gasteiger charge is 2.68. The number of anilines is 1. The van der Waals surface area contributed by atoms with Gasteiger partial charge in [0.2, 0.25) is 0 Å². The monoisotopic (exact) mass is 726 g/mol. The molecule has 0 radical (unpaired) electrons. The van der Waals surface area contributed by atoms with Gasteiger partial charge in [0.15, 0.2) is 11.9 Å². The molecule has 3 aliphatic rings. The molecule has 4 atom stereocenters. The first-order valence-electron chi connectivity index (χ1n) is 18.0. The quantitative estimate of drug-likeness (QED) is 0.154. The van der Waals surface area contributed by atoms with Crippen molar-refractivity contribution >= 4 is 53.6 Å². The number of nitrogens with one attached hydrogen (secondary N) is 1. The maximum Gasteiger partial charge on any atom is 0.404 e. The van der Waals surface area contributed by atoms with Crippen molar-refractivity contribution in [2.75, 3.05) is 31.1 Å². The van der Waals surface area contributed by atoms with Crippen molar-refractivity contribution in [3.63, 3.8) is 0 Å². The molecule has 0 bridgehead atoms. The third-order valence-electron chi connectivity index (χ3n) is 11.7. The number of fused-ring (bicyclic) bond motifs is 3. The molecule has 8 rings (SSSR count). The predicted molar refractivity (Wildman–Crippen MR) is 201 cm³/mol. The number of ether oxygens (including phenoxy) is 1. The Balaban J connectivity index is 1.17. The fourth-order valence-corrected chi connectivity index (χ4v) is 9.99. The van der Waals surface area contributed by atoms with E-state index in [1.165, 1.54) is 0 Å². The molecule has 2 aliphatic heterocycles. The standard InChI is InChI=1S/C37H46N8O4SSi/c1-22-20-50-34(41-22)37(21-40-35(46)47)25-14-16-44(19-26(25)37)28-18-39-32-31(43-45(33(32)42-28)29-11-7-8-17-48-29)24-12-13-27(30-23(24)10-9-15-38-30)49-51(5,6)36(2,3)4/h9-10,12-13,15,18,20,25-26,29,40H,7-8,11,14,16-17,19,21H2,1-6H3,(H,46,47)/t25-,26+,29?,37+/m1/s1. The van der Waals surface area contributed by atoms with Gasteiger partial charge in [-0.05, 0) is 80.8 Å². The second-order valence-corrected chi connectivity index (χ2v) is 21.4. The maximum atomic E-state index is 11.6. The number of benzene rings is 1. The van der Waals surface area contributed by atoms with Crippen molar-refractivity contribution in [2.45, 2.75) is 83.2 Å². The van der Waals surface area contributed by atoms with Crippen molar-refractivity contribution < 1.29 is 19.1 Å². The van der Waals surface area contributed by atoms with Crippen LogP contribution in [0.2, 0.25) is 18.1 Å². The Morgan fingerprint density at radius 3 is 2.71 bits per heavy atom. The lowest BCUT2D eigenvalue weighted by molar-refractivity contribution is -0.0368. The zero-order valence-electron chi connectivity index (χ0n) is 30.1. The van der Waals surface area contributed by atoms with Gasteiger partial charge < -0.3 is 24.5 Å². The summed E-state index contributed by atoms with van der Waals surface area (Å²) in [4.78, 5) is 33.9. The summed E-state index contributed by atoms with van der Waals surface area (Å²) < 4.78 is 15.0. The Bertz CT molecular complexity index is 2120. The molecular weight excluding hydrogens is 681 g/mol. The lowest BCUT2D eigenvalue weighted by atomic mass is 10.0. The number of carboxylic acid groups (broad SMARTS) is 1. The highest BCUT2D eigenvalue weighted by Crippen LogP contribution is 2.64. The van der Waals surface area contributed by atoms with E-state index >= 15 is 0 Å². The van der Waals surface area contributed by atoms with Crippen LogP contribution in [0.3, 0.4) is 0 Å². The average molecular weight is 727 g/mol. The number of hydrogen-bond donors (Lipinski definition) is 2. The lowest BCUT2D eigenvalue weighted by Crippen LogP contribution is -2.43. The Kier molecular flexibility index (Phi) is 8.34. The smallest absolute Gasteiger partial charge is 0.404 e. The molecule has 5 aromatic rings. The van der Waals surface area contributed by atoms with E-state index < -0.39 is 14.4 Å². The van der Waals surface area contributed by atoms with Crippen LogP contribution in [0.25, 0.3) is 33.3 Å². The Morgan fingerprint density at radius 2 is 1.98 bits per heavy atom. The molecule has 2 saturated heterocycles. The Labute approximate surface area is 302 Å². The fraction of sp³-hybridized carbons (Fsp3) is 0.514. The zero-order valence-corrected chi connectivity index (χ0v) is 32.0. The van der Waals surface area contributed by atoms with Gasteiger partial charge in [0.1, 0.15) is 33.3 Å². The van der Waals surface area contributed by atoms with Gasteiger partial charge in [0.25, 0.3) is 8.32 Å². The molecule has 12 nitrogen and oxygen atoms in total. The first kappa shape index (κ1) is 34.0. The number of aromatic nitrogens is 6. The van der Waals surface area contributed by atoms with E-state index in [-0.39, 0.29) is 22.6 Å². The SMILES string of the molecule is Cc1csc([C@@]2(CNC(=O)O)[C@@H]3CCN(c4cnc5c(-c6ccc(O[Si](C)(C)C(C)(C)C)c7ncccc67)nn(C6CCCCO6)c5n4)C[C@@H]32)n1. The minimum atomic E-state index is -2.12. The van der Waals surface area contributed by atoms with E-state index in [9.17, 15) is 9.90 Å². The minimum absolute atomic E-state index is 0.0422. The molecule has 1 amide bonds. The summed E-state index contributed by atoms with van der Waals surface area (Å²) in [5, 5.41) is 21.5. The molecule has 3 fully saturated rings. The number of thiazole rings is 1. The van der Waals surface area contributed by atoms with E-state index in [2.05, 4.69) is 61.6 Å². The summed E-state index contributed by atoms with van der Waals surface area (Å²) in [7, 11) is -2.12. The average Bonchev–Trinajstić information content (AvgIpc) is 3.33. The van der Waals surface area contributed by atoms with Crippen molar-refractivity contribution in [3.8, 4) is 17.0 Å². The summed E-state index contributed by atoms with van der Waals surface area (Å²) in [6.45, 7) is 15.8. The van der Waals surface area contributed by atoms with E-state index in [4.69, 9.17) is 34.2 Å². The van der Waals surface area contributed by atoms with Gasteiger partial charge in [0, 0.05) is 59.9 Å². The Morgan fingerprint density at radius 1 is 1.14 bits per heavy atom. The van der Waals surface area contributed by atoms with Crippen LogP contribution >= 0.6 is 11.3 Å². The second kappa shape index (κ2) is 12.5. The molecule has 4 aromatic heterocycles. The zero-order chi connectivity index (χ0) is 35.7. The van der Waals surface area contributed by atoms with E-state index in [0.29, 0.717) is 24.7 Å². The van der Waals surface area contributed by atoms with E-state index in [1.807, 2.05) is 36.1 Å². The maximum absolute atomic E-state index is 11.6. The van der Waals surface area contributed by atoms with E-state index in [1.54, 1.807) is 11.3 Å². The molecule has 1 aromatic carbocycles. The molecular formula is C37H46N8O4SSi. The molecule has 1 unspecified atom stereocenters. The van der Waals surface area contributed by atoms with Crippen molar-refractivity contribution in [3.05, 3.63) is 52.7 Å². The number of nitrogens with zero attached hydrogens (tertiary/aromatic N) is 7. The fourth-order valence-electron chi connectivity index (χ4n) is 7.84. The van der Waals surface area contributed by atoms with Gasteiger partial charge in [-0.3, -0.25) is 4.98 Å². The molecule has 2 N–H and O–H groups in total. The van der Waals surface area contributed by atoms with Crippen LogP contribution in [0.5, 0.6) is 5.75 Å². The van der Waals surface area contributed by atoms with Crippen LogP contribution in [-0.2, 0) is 10.2 Å². The molecule has 1 saturated carbocycles. The van der Waals surface area contributed by atoms with Crippen LogP contribution in [0, 0.1) is 18.8 Å². The third kappa shape index (κ3) is 5.84. The predicted octanol–water partition coefficient (Wildman–Crippen LogP) is 7.55. The summed E-state index contributed by atoms with van der Waals surface area (Å²) in [5.74, 6) is 2.20. The second-order valence-electron chi connectivity index (χ2n) is 15.8. The highest BCUT2D eigenvalue weighted by atomic mass is 32.1. The van der Waals surface area contributed by atoms with Crippen LogP contribution in [0.1, 0.15) is 63.4 Å². The lowest BCUT2D eigenvalue weighted by Gasteiger charge is -2.36. The summed E-state index contributed by atoms with van der Waals surface area (Å²) in [6, 6.07) is 8.15. The van der Waals surface area contributed by atoms with Crippen molar-refractivity contribution in [1.29, 1.82) is 0 Å². The molecule has 1 aliphatic carbocycles. The van der Waals surface area contributed by atoms with Gasteiger partial charge in [0.05, 0.1) is 6.20 Å². The van der Waals surface area contributed by atoms with Crippen LogP contribution in [-0.4, -0.2) is 75.5 Å². The topological polar surface area (TPSA) is 140 Å². The van der Waals surface area contributed by atoms with Gasteiger partial charge in [-0.1, -0.05) is 26.8 Å². The van der Waals surface area contributed by atoms with Crippen LogP contribution in [0.15, 0.2) is 42.0 Å². The van der Waals surface area contributed by atoms with Crippen LogP contribution < -0.4 is 14.6 Å². The van der Waals surface area contributed by atoms with Crippen molar-refractivity contribution in [1.82, 2.24) is 35.0 Å². The van der Waals surface area contributed by atoms with Gasteiger partial charge >= 0.3 is 6.09 Å². The number of piperidine rings is 1.